The van der Waals surface area contributed by atoms with Crippen molar-refractivity contribution in [2.24, 2.45) is 5.92 Å². The number of piperidine rings is 1. The Labute approximate surface area is 212 Å². The molecule has 2 unspecified atom stereocenters. The van der Waals surface area contributed by atoms with Crippen molar-refractivity contribution in [1.29, 1.82) is 0 Å². The van der Waals surface area contributed by atoms with E-state index in [1.807, 2.05) is 0 Å². The van der Waals surface area contributed by atoms with Crippen LogP contribution in [0.5, 0.6) is 5.75 Å². The number of halogens is 4. The monoisotopic (exact) mass is 547 g/mol. The molecule has 2 aromatic rings. The summed E-state index contributed by atoms with van der Waals surface area (Å²) in [4.78, 5) is 19.0. The molecular formula is C24H29F4N3O5S. The number of carbonyl (C=O) groups excluding carboxylic acids is 1. The molecule has 0 radical (unpaired) electrons. The van der Waals surface area contributed by atoms with Crippen LogP contribution >= 0.6 is 0 Å². The highest BCUT2D eigenvalue weighted by atomic mass is 32.2. The first-order valence-electron chi connectivity index (χ1n) is 11.7. The van der Waals surface area contributed by atoms with Gasteiger partial charge in [-0.2, -0.15) is 4.98 Å². The van der Waals surface area contributed by atoms with Gasteiger partial charge in [0.05, 0.1) is 15.9 Å². The summed E-state index contributed by atoms with van der Waals surface area (Å²) < 4.78 is 90.5. The molecule has 1 aliphatic carbocycles. The van der Waals surface area contributed by atoms with E-state index in [4.69, 9.17) is 9.26 Å². The number of alkyl halides is 4. The summed E-state index contributed by atoms with van der Waals surface area (Å²) in [6.07, 6.45) is -0.00104. The lowest BCUT2D eigenvalue weighted by molar-refractivity contribution is -0.0720. The van der Waals surface area contributed by atoms with Crippen molar-refractivity contribution >= 4 is 15.7 Å². The summed E-state index contributed by atoms with van der Waals surface area (Å²) >= 11 is 0. The van der Waals surface area contributed by atoms with Crippen molar-refractivity contribution < 1.29 is 40.0 Å². The molecule has 13 heteroatoms. The number of amides is 1. The average Bonchev–Trinajstić information content (AvgIpc) is 3.12. The smallest absolute Gasteiger partial charge is 0.281 e. The molecule has 1 amide bonds. The minimum absolute atomic E-state index is 0.0616. The van der Waals surface area contributed by atoms with Gasteiger partial charge in [-0.3, -0.25) is 4.79 Å². The summed E-state index contributed by atoms with van der Waals surface area (Å²) in [5, 5.41) is 3.94. The molecule has 37 heavy (non-hydrogen) atoms. The van der Waals surface area contributed by atoms with Crippen molar-refractivity contribution in [2.75, 3.05) is 19.3 Å². The Kier molecular flexibility index (Phi) is 6.21. The van der Waals surface area contributed by atoms with Crippen LogP contribution in [0, 0.1) is 5.92 Å². The van der Waals surface area contributed by atoms with Crippen LogP contribution in [0.15, 0.2) is 27.6 Å². The van der Waals surface area contributed by atoms with Gasteiger partial charge in [0, 0.05) is 33.2 Å². The molecule has 1 aromatic heterocycles. The van der Waals surface area contributed by atoms with E-state index in [0.29, 0.717) is 13.3 Å². The van der Waals surface area contributed by atoms with Gasteiger partial charge in [-0.15, -0.1) is 0 Å². The third kappa shape index (κ3) is 4.82. The van der Waals surface area contributed by atoms with E-state index in [1.54, 1.807) is 0 Å². The van der Waals surface area contributed by atoms with Crippen LogP contribution in [0.2, 0.25) is 0 Å². The van der Waals surface area contributed by atoms with Crippen molar-refractivity contribution in [3.63, 3.8) is 0 Å². The van der Waals surface area contributed by atoms with E-state index >= 15 is 0 Å². The van der Waals surface area contributed by atoms with Crippen LogP contribution in [0.1, 0.15) is 63.1 Å². The Hall–Kier alpha value is -2.70. The zero-order valence-corrected chi connectivity index (χ0v) is 22.1. The highest BCUT2D eigenvalue weighted by molar-refractivity contribution is 7.90. The zero-order valence-electron chi connectivity index (χ0n) is 21.3. The summed E-state index contributed by atoms with van der Waals surface area (Å²) in [5.74, 6) is -7.17. The van der Waals surface area contributed by atoms with Crippen LogP contribution in [0.4, 0.5) is 17.6 Å². The number of hydrogen-bond acceptors (Lipinski definition) is 7. The van der Waals surface area contributed by atoms with E-state index in [0.717, 1.165) is 26.2 Å². The van der Waals surface area contributed by atoms with Crippen molar-refractivity contribution in [3.05, 3.63) is 35.5 Å². The fourth-order valence-electron chi connectivity index (χ4n) is 4.33. The van der Waals surface area contributed by atoms with Gasteiger partial charge in [-0.05, 0) is 51.3 Å². The zero-order chi connectivity index (χ0) is 27.8. The van der Waals surface area contributed by atoms with Crippen LogP contribution in [-0.2, 0) is 20.7 Å². The lowest BCUT2D eigenvalue weighted by Crippen LogP contribution is -2.38. The van der Waals surface area contributed by atoms with Gasteiger partial charge in [0.25, 0.3) is 17.8 Å². The van der Waals surface area contributed by atoms with E-state index < -0.39 is 44.5 Å². The van der Waals surface area contributed by atoms with Gasteiger partial charge in [0.2, 0.25) is 5.89 Å². The number of fused-ring (bicyclic) bond motifs is 1. The first-order chi connectivity index (χ1) is 16.8. The van der Waals surface area contributed by atoms with Gasteiger partial charge < -0.3 is 14.2 Å². The number of ether oxygens (including phenoxy) is 1. The summed E-state index contributed by atoms with van der Waals surface area (Å²) in [5.41, 5.74) is -2.56. The number of likely N-dealkylation sites (tertiary alicyclic amines) is 1. The van der Waals surface area contributed by atoms with Crippen LogP contribution < -0.4 is 4.74 Å². The number of aromatic nitrogens is 2. The third-order valence-corrected chi connectivity index (χ3v) is 8.67. The number of carbonyl (C=O) groups is 1. The number of nitrogens with zero attached hydrogens (tertiary/aromatic N) is 3. The molecule has 0 bridgehead atoms. The second kappa shape index (κ2) is 8.40. The van der Waals surface area contributed by atoms with Gasteiger partial charge in [0.15, 0.2) is 21.8 Å². The predicted molar refractivity (Wildman–Crippen MR) is 124 cm³/mol. The second-order valence-electron chi connectivity index (χ2n) is 10.8. The molecule has 2 heterocycles. The van der Waals surface area contributed by atoms with Gasteiger partial charge in [-0.25, -0.2) is 26.0 Å². The molecule has 1 aromatic carbocycles. The van der Waals surface area contributed by atoms with E-state index in [1.165, 1.54) is 30.9 Å². The van der Waals surface area contributed by atoms with Gasteiger partial charge >= 0.3 is 0 Å². The molecule has 8 nitrogen and oxygen atoms in total. The minimum Gasteiger partial charge on any atom is -0.484 e. The van der Waals surface area contributed by atoms with Crippen molar-refractivity contribution in [1.82, 2.24) is 15.0 Å². The molecule has 2 aliphatic rings. The molecule has 0 N–H and O–H groups in total. The molecule has 1 aliphatic heterocycles. The Morgan fingerprint density at radius 1 is 1.22 bits per heavy atom. The van der Waals surface area contributed by atoms with Gasteiger partial charge in [-0.1, -0.05) is 5.16 Å². The first kappa shape index (κ1) is 27.3. The maximum atomic E-state index is 14.1. The van der Waals surface area contributed by atoms with Crippen LogP contribution in [0.25, 0.3) is 0 Å². The fraction of sp³-hybridized carbons (Fsp3) is 0.625. The van der Waals surface area contributed by atoms with E-state index in [-0.39, 0.29) is 46.9 Å². The van der Waals surface area contributed by atoms with Crippen LogP contribution in [0.3, 0.4) is 0 Å². The Morgan fingerprint density at radius 3 is 2.43 bits per heavy atom. The molecule has 4 rings (SSSR count). The molecule has 2 fully saturated rings. The summed E-state index contributed by atoms with van der Waals surface area (Å²) in [6.45, 7) is 5.58. The maximum Gasteiger partial charge on any atom is 0.281 e. The van der Waals surface area contributed by atoms with Crippen molar-refractivity contribution in [3.8, 4) is 5.75 Å². The number of benzene rings is 1. The molecule has 204 valence electrons. The Morgan fingerprint density at radius 2 is 1.86 bits per heavy atom. The maximum absolute atomic E-state index is 14.1. The van der Waals surface area contributed by atoms with Crippen molar-refractivity contribution in [2.45, 2.75) is 74.7 Å². The number of sulfone groups is 1. The first-order valence-corrected chi connectivity index (χ1v) is 13.6. The number of hydrogen-bond donors (Lipinski definition) is 0. The summed E-state index contributed by atoms with van der Waals surface area (Å²) in [7, 11) is -3.70. The normalized spacial score (nSPS) is 23.1. The topological polar surface area (TPSA) is 103 Å². The second-order valence-corrected chi connectivity index (χ2v) is 12.8. The fourth-order valence-corrected chi connectivity index (χ4v) is 4.97. The minimum atomic E-state index is -3.70. The SMILES string of the molecule is C[C@H](Oc1ccc(S(C)(=O)=O)cc1C(=O)N1CC2CC2(c2noc(C(C)(C)C(C)(F)F)n2)C1)C(C)(F)F. The highest BCUT2D eigenvalue weighted by Gasteiger charge is 2.65. The quantitative estimate of drug-likeness (QED) is 0.456. The molecular weight excluding hydrogens is 518 g/mol. The van der Waals surface area contributed by atoms with E-state index in [9.17, 15) is 30.8 Å². The average molecular weight is 548 g/mol. The third-order valence-electron chi connectivity index (χ3n) is 7.56. The lowest BCUT2D eigenvalue weighted by Gasteiger charge is -2.27. The van der Waals surface area contributed by atoms with Gasteiger partial charge in [0.1, 0.15) is 11.2 Å². The summed E-state index contributed by atoms with van der Waals surface area (Å²) in [6, 6.07) is 3.50. The molecule has 3 atom stereocenters. The predicted octanol–water partition coefficient (Wildman–Crippen LogP) is 4.24. The molecule has 1 saturated heterocycles. The Balaban J connectivity index is 1.62. The molecule has 0 spiro atoms. The molecule has 1 saturated carbocycles. The standard InChI is InChI=1S/C24H29F4N3O5S/c1-13(22(4,25)26)35-17-8-7-15(37(6,33)34)9-16(17)18(32)31-11-14-10-24(14,12-31)19-29-20(36-30-19)21(2,3)23(5,27)28/h7-9,13-14H,10-12H2,1-6H3/t13-,14?,24?/m0/s1. The number of rotatable bonds is 8. The van der Waals surface area contributed by atoms with Crippen LogP contribution in [-0.4, -0.2) is 66.7 Å². The Bertz CT molecular complexity index is 1330. The highest BCUT2D eigenvalue weighted by Crippen LogP contribution is 2.58. The largest absolute Gasteiger partial charge is 0.484 e. The van der Waals surface area contributed by atoms with E-state index in [2.05, 4.69) is 10.1 Å². The lowest BCUT2D eigenvalue weighted by atomic mass is 9.86.